The first-order chi connectivity index (χ1) is 12.3. The van der Waals surface area contributed by atoms with Crippen molar-refractivity contribution in [2.24, 2.45) is 0 Å². The molecule has 4 rings (SSSR count). The Labute approximate surface area is 146 Å². The average Bonchev–Trinajstić information content (AvgIpc) is 3.08. The van der Waals surface area contributed by atoms with Crippen molar-refractivity contribution < 1.29 is 9.53 Å². The van der Waals surface area contributed by atoms with Gasteiger partial charge in [-0.15, -0.1) is 0 Å². The van der Waals surface area contributed by atoms with E-state index in [4.69, 9.17) is 4.74 Å². The molecule has 0 fully saturated rings. The molecule has 0 amide bonds. The van der Waals surface area contributed by atoms with Crippen LogP contribution in [-0.2, 0) is 22.6 Å². The van der Waals surface area contributed by atoms with Crippen LogP contribution in [0.25, 0.3) is 21.7 Å². The van der Waals surface area contributed by atoms with Crippen LogP contribution in [0.2, 0.25) is 0 Å². The number of hydrogen-bond donors (Lipinski definition) is 1. The van der Waals surface area contributed by atoms with Gasteiger partial charge in [0.05, 0.1) is 0 Å². The Kier molecular flexibility index (Phi) is 4.21. The van der Waals surface area contributed by atoms with Gasteiger partial charge in [-0.3, -0.25) is 4.79 Å². The molecule has 3 nitrogen and oxygen atoms in total. The predicted octanol–water partition coefficient (Wildman–Crippen LogP) is 5.00. The van der Waals surface area contributed by atoms with E-state index in [-0.39, 0.29) is 5.97 Å². The third-order valence-electron chi connectivity index (χ3n) is 4.54. The first-order valence-electron chi connectivity index (χ1n) is 8.48. The predicted molar refractivity (Wildman–Crippen MR) is 100 cm³/mol. The van der Waals surface area contributed by atoms with E-state index in [1.165, 1.54) is 5.39 Å². The SMILES string of the molecule is O=C(CCc1c[nH]c2ccccc12)OCc1cccc2ccccc12. The van der Waals surface area contributed by atoms with E-state index < -0.39 is 0 Å². The van der Waals surface area contributed by atoms with Crippen molar-refractivity contribution in [2.75, 3.05) is 0 Å². The summed E-state index contributed by atoms with van der Waals surface area (Å²) in [5.74, 6) is -0.168. The zero-order valence-corrected chi connectivity index (χ0v) is 13.9. The lowest BCUT2D eigenvalue weighted by Crippen LogP contribution is -2.06. The van der Waals surface area contributed by atoms with E-state index >= 15 is 0 Å². The van der Waals surface area contributed by atoms with E-state index in [0.717, 1.165) is 27.4 Å². The smallest absolute Gasteiger partial charge is 0.306 e. The van der Waals surface area contributed by atoms with Crippen molar-refractivity contribution in [1.29, 1.82) is 0 Å². The molecule has 25 heavy (non-hydrogen) atoms. The standard InChI is InChI=1S/C22H19NO2/c24-22(13-12-17-14-23-21-11-4-3-10-20(17)21)25-15-18-8-5-7-16-6-1-2-9-19(16)18/h1-11,14,23H,12-13,15H2. The minimum atomic E-state index is -0.168. The van der Waals surface area contributed by atoms with Gasteiger partial charge in [0.2, 0.25) is 0 Å². The lowest BCUT2D eigenvalue weighted by molar-refractivity contribution is -0.144. The fraction of sp³-hybridized carbons (Fsp3) is 0.136. The van der Waals surface area contributed by atoms with Gasteiger partial charge < -0.3 is 9.72 Å². The molecule has 0 unspecified atom stereocenters. The van der Waals surface area contributed by atoms with Crippen LogP contribution in [0.4, 0.5) is 0 Å². The molecule has 1 aromatic heterocycles. The number of aryl methyl sites for hydroxylation is 1. The van der Waals surface area contributed by atoms with E-state index in [1.54, 1.807) is 0 Å². The Morgan fingerprint density at radius 2 is 1.60 bits per heavy atom. The highest BCUT2D eigenvalue weighted by Crippen LogP contribution is 2.21. The van der Waals surface area contributed by atoms with Crippen molar-refractivity contribution in [3.8, 4) is 0 Å². The summed E-state index contributed by atoms with van der Waals surface area (Å²) in [4.78, 5) is 15.4. The highest BCUT2D eigenvalue weighted by molar-refractivity contribution is 5.86. The summed E-state index contributed by atoms with van der Waals surface area (Å²) in [5.41, 5.74) is 3.29. The minimum absolute atomic E-state index is 0.168. The number of hydrogen-bond acceptors (Lipinski definition) is 2. The molecular weight excluding hydrogens is 310 g/mol. The maximum absolute atomic E-state index is 12.2. The molecule has 0 saturated carbocycles. The van der Waals surface area contributed by atoms with E-state index in [2.05, 4.69) is 29.2 Å². The number of aromatic amines is 1. The van der Waals surface area contributed by atoms with Crippen molar-refractivity contribution in [2.45, 2.75) is 19.4 Å². The number of rotatable bonds is 5. The van der Waals surface area contributed by atoms with Gasteiger partial charge in [0.1, 0.15) is 6.61 Å². The zero-order valence-electron chi connectivity index (χ0n) is 13.9. The summed E-state index contributed by atoms with van der Waals surface area (Å²) in [6, 6.07) is 22.3. The molecule has 0 aliphatic rings. The number of benzene rings is 3. The molecule has 0 spiro atoms. The molecular formula is C22H19NO2. The first-order valence-corrected chi connectivity index (χ1v) is 8.48. The summed E-state index contributed by atoms with van der Waals surface area (Å²) in [6.07, 6.45) is 3.04. The zero-order chi connectivity index (χ0) is 17.1. The van der Waals surface area contributed by atoms with Gasteiger partial charge in [-0.1, -0.05) is 60.7 Å². The Balaban J connectivity index is 1.39. The number of carbonyl (C=O) groups is 1. The highest BCUT2D eigenvalue weighted by atomic mass is 16.5. The van der Waals surface area contributed by atoms with Gasteiger partial charge in [-0.25, -0.2) is 0 Å². The molecule has 1 N–H and O–H groups in total. The van der Waals surface area contributed by atoms with Crippen LogP contribution in [0.3, 0.4) is 0 Å². The third-order valence-corrected chi connectivity index (χ3v) is 4.54. The minimum Gasteiger partial charge on any atom is -0.461 e. The number of para-hydroxylation sites is 1. The second kappa shape index (κ2) is 6.81. The largest absolute Gasteiger partial charge is 0.461 e. The number of fused-ring (bicyclic) bond motifs is 2. The molecule has 4 aromatic rings. The average molecular weight is 329 g/mol. The maximum Gasteiger partial charge on any atom is 0.306 e. The van der Waals surface area contributed by atoms with E-state index in [9.17, 15) is 4.79 Å². The van der Waals surface area contributed by atoms with Crippen molar-refractivity contribution >= 4 is 27.6 Å². The molecule has 124 valence electrons. The van der Waals surface area contributed by atoms with Crippen molar-refractivity contribution in [3.63, 3.8) is 0 Å². The molecule has 0 bridgehead atoms. The number of H-pyrrole nitrogens is 1. The second-order valence-corrected chi connectivity index (χ2v) is 6.16. The Morgan fingerprint density at radius 3 is 2.52 bits per heavy atom. The molecule has 0 aliphatic heterocycles. The van der Waals surface area contributed by atoms with Crippen LogP contribution in [0, 0.1) is 0 Å². The molecule has 3 aromatic carbocycles. The molecule has 0 radical (unpaired) electrons. The Morgan fingerprint density at radius 1 is 0.840 bits per heavy atom. The molecule has 0 saturated heterocycles. The van der Waals surface area contributed by atoms with Crippen LogP contribution in [0.15, 0.2) is 72.9 Å². The van der Waals surface area contributed by atoms with Crippen molar-refractivity contribution in [1.82, 2.24) is 4.98 Å². The lowest BCUT2D eigenvalue weighted by Gasteiger charge is -2.08. The van der Waals surface area contributed by atoms with Gasteiger partial charge in [0, 0.05) is 23.5 Å². The number of nitrogens with one attached hydrogen (secondary N) is 1. The lowest BCUT2D eigenvalue weighted by atomic mass is 10.1. The Bertz CT molecular complexity index is 1030. The van der Waals surface area contributed by atoms with Crippen molar-refractivity contribution in [3.05, 3.63) is 84.1 Å². The number of ether oxygens (including phenoxy) is 1. The molecule has 1 heterocycles. The fourth-order valence-corrected chi connectivity index (χ4v) is 3.22. The van der Waals surface area contributed by atoms with Gasteiger partial charge >= 0.3 is 5.97 Å². The fourth-order valence-electron chi connectivity index (χ4n) is 3.22. The maximum atomic E-state index is 12.2. The van der Waals surface area contributed by atoms with Gasteiger partial charge in [0.25, 0.3) is 0 Å². The van der Waals surface area contributed by atoms with Gasteiger partial charge in [-0.05, 0) is 34.4 Å². The van der Waals surface area contributed by atoms with Crippen LogP contribution in [0.1, 0.15) is 17.5 Å². The van der Waals surface area contributed by atoms with Gasteiger partial charge in [0.15, 0.2) is 0 Å². The summed E-state index contributed by atoms with van der Waals surface area (Å²) in [7, 11) is 0. The molecule has 0 atom stereocenters. The normalized spacial score (nSPS) is 11.0. The monoisotopic (exact) mass is 329 g/mol. The van der Waals surface area contributed by atoms with Crippen LogP contribution >= 0.6 is 0 Å². The van der Waals surface area contributed by atoms with Gasteiger partial charge in [-0.2, -0.15) is 0 Å². The number of carbonyl (C=O) groups excluding carboxylic acids is 1. The van der Waals surface area contributed by atoms with E-state index in [1.807, 2.05) is 48.7 Å². The summed E-state index contributed by atoms with van der Waals surface area (Å²) < 4.78 is 5.50. The summed E-state index contributed by atoms with van der Waals surface area (Å²) in [6.45, 7) is 0.314. The first kappa shape index (κ1) is 15.5. The quantitative estimate of drug-likeness (QED) is 0.524. The third kappa shape index (κ3) is 3.26. The number of aromatic nitrogens is 1. The van der Waals surface area contributed by atoms with Crippen LogP contribution in [-0.4, -0.2) is 11.0 Å². The molecule has 0 aliphatic carbocycles. The number of esters is 1. The highest BCUT2D eigenvalue weighted by Gasteiger charge is 2.09. The van der Waals surface area contributed by atoms with Crippen LogP contribution in [0.5, 0.6) is 0 Å². The van der Waals surface area contributed by atoms with E-state index in [0.29, 0.717) is 19.4 Å². The van der Waals surface area contributed by atoms with Crippen LogP contribution < -0.4 is 0 Å². The summed E-state index contributed by atoms with van der Waals surface area (Å²) in [5, 5.41) is 3.47. The topological polar surface area (TPSA) is 42.1 Å². The Hall–Kier alpha value is -3.07. The molecule has 3 heteroatoms. The second-order valence-electron chi connectivity index (χ2n) is 6.16. The summed E-state index contributed by atoms with van der Waals surface area (Å²) >= 11 is 0.